The largest absolute Gasteiger partial charge is 0.348 e. The summed E-state index contributed by atoms with van der Waals surface area (Å²) in [7, 11) is 0. The molecule has 6 aliphatic rings. The second kappa shape index (κ2) is 4.94. The molecule has 7 rings (SSSR count). The number of fused-ring (bicyclic) bond motifs is 2. The lowest BCUT2D eigenvalue weighted by Crippen LogP contribution is -2.63. The van der Waals surface area contributed by atoms with Crippen molar-refractivity contribution in [3.05, 3.63) is 33.1 Å². The summed E-state index contributed by atoms with van der Waals surface area (Å²) < 4.78 is 5.21. The molecule has 0 saturated heterocycles. The van der Waals surface area contributed by atoms with Crippen molar-refractivity contribution in [1.82, 2.24) is 13.9 Å². The number of halogens is 2. The second-order valence-electron chi connectivity index (χ2n) is 10.2. The van der Waals surface area contributed by atoms with Crippen molar-refractivity contribution in [1.29, 1.82) is 0 Å². The minimum Gasteiger partial charge on any atom is -0.246 e. The van der Waals surface area contributed by atoms with Gasteiger partial charge in [-0.15, -0.1) is 0 Å². The molecule has 4 aliphatic carbocycles. The van der Waals surface area contributed by atoms with Crippen molar-refractivity contribution in [2.45, 2.75) is 67.8 Å². The molecule has 9 atom stereocenters. The number of rotatable bonds is 1. The van der Waals surface area contributed by atoms with Crippen LogP contribution in [0.5, 0.6) is 0 Å². The Labute approximate surface area is 175 Å². The molecule has 1 aromatic heterocycles. The normalized spacial score (nSPS) is 50.6. The maximum atomic E-state index is 13.5. The third kappa shape index (κ3) is 1.67. The van der Waals surface area contributed by atoms with E-state index in [0.717, 1.165) is 12.8 Å². The molecule has 0 radical (unpaired) electrons. The molecule has 7 heteroatoms. The van der Waals surface area contributed by atoms with Crippen LogP contribution in [0.1, 0.15) is 58.2 Å². The summed E-state index contributed by atoms with van der Waals surface area (Å²) in [5.74, 6) is 1.36. The number of aromatic nitrogens is 3. The number of allylic oxidation sites excluding steroid dienone is 2. The third-order valence-corrected chi connectivity index (χ3v) is 12.5. The van der Waals surface area contributed by atoms with E-state index in [1.807, 2.05) is 0 Å². The van der Waals surface area contributed by atoms with Gasteiger partial charge in [0.2, 0.25) is 0 Å². The van der Waals surface area contributed by atoms with E-state index in [1.54, 1.807) is 13.9 Å². The lowest BCUT2D eigenvalue weighted by molar-refractivity contribution is 0.0346. The lowest BCUT2D eigenvalue weighted by atomic mass is 9.62. The van der Waals surface area contributed by atoms with Gasteiger partial charge in [0.05, 0.1) is 12.1 Å². The van der Waals surface area contributed by atoms with Gasteiger partial charge in [0.1, 0.15) is 0 Å². The number of hydrogen-bond acceptors (Lipinski definition) is 2. The Kier molecular flexibility index (Phi) is 3.17. The predicted molar refractivity (Wildman–Crippen MR) is 111 cm³/mol. The SMILES string of the molecule is CC1(C)[C@H]2CC[C@@]1(C)[C@H](n1c(=O)n3n(c1=O)[C@@H]1C=C[C@@H]3[C@H]3[C@H](Br)[C@H](Br)[C@@H]31)C2. The first kappa shape index (κ1) is 17.3. The van der Waals surface area contributed by atoms with Crippen molar-refractivity contribution in [2.24, 2.45) is 28.6 Å². The van der Waals surface area contributed by atoms with Crippen molar-refractivity contribution in [3.63, 3.8) is 0 Å². The third-order valence-electron chi connectivity index (χ3n) is 9.44. The molecule has 4 bridgehead atoms. The van der Waals surface area contributed by atoms with Crippen molar-refractivity contribution in [2.75, 3.05) is 0 Å². The number of nitrogens with zero attached hydrogens (tertiary/aromatic N) is 3. The van der Waals surface area contributed by atoms with Gasteiger partial charge in [0, 0.05) is 27.5 Å². The van der Waals surface area contributed by atoms with E-state index in [0.29, 0.717) is 27.4 Å². The molecule has 0 N–H and O–H groups in total. The molecule has 3 saturated carbocycles. The van der Waals surface area contributed by atoms with E-state index in [-0.39, 0.29) is 40.3 Å². The minimum absolute atomic E-state index is 0.0140. The lowest BCUT2D eigenvalue weighted by Gasteiger charge is -2.58. The molecule has 3 fully saturated rings. The zero-order valence-electron chi connectivity index (χ0n) is 15.8. The molecule has 27 heavy (non-hydrogen) atoms. The molecule has 5 nitrogen and oxygen atoms in total. The van der Waals surface area contributed by atoms with Crippen LogP contribution in [0.3, 0.4) is 0 Å². The maximum absolute atomic E-state index is 13.5. The fourth-order valence-electron chi connectivity index (χ4n) is 7.36. The van der Waals surface area contributed by atoms with Crippen LogP contribution in [0.4, 0.5) is 0 Å². The van der Waals surface area contributed by atoms with Crippen LogP contribution in [-0.4, -0.2) is 23.6 Å². The van der Waals surface area contributed by atoms with Gasteiger partial charge in [-0.1, -0.05) is 64.8 Å². The number of hydrogen-bond donors (Lipinski definition) is 0. The zero-order chi connectivity index (χ0) is 19.0. The average molecular weight is 499 g/mol. The van der Waals surface area contributed by atoms with Gasteiger partial charge in [-0.25, -0.2) is 23.5 Å². The molecule has 1 aromatic rings. The minimum atomic E-state index is -0.0925. The van der Waals surface area contributed by atoms with Crippen LogP contribution in [0.25, 0.3) is 0 Å². The Hall–Kier alpha value is -0.560. The smallest absolute Gasteiger partial charge is 0.246 e. The maximum Gasteiger partial charge on any atom is 0.348 e. The molecule has 0 amide bonds. The summed E-state index contributed by atoms with van der Waals surface area (Å²) in [5, 5.41) is 0. The van der Waals surface area contributed by atoms with Crippen LogP contribution in [0.2, 0.25) is 0 Å². The standard InChI is InChI=1S/C20H25Br2N3O2/c1-19(2)9-6-7-20(19,3)12(8-9)23-17(26)24-10-4-5-11(25(24)18(23)27)14-13(10)15(21)16(14)22/h4-5,9-16H,6-8H2,1-3H3/t9-,10+,11+,12+,13+,14+,15-,16+,20-/m0/s1. The van der Waals surface area contributed by atoms with Crippen LogP contribution in [0, 0.1) is 28.6 Å². The van der Waals surface area contributed by atoms with Crippen molar-refractivity contribution >= 4 is 31.9 Å². The van der Waals surface area contributed by atoms with Crippen LogP contribution in [-0.2, 0) is 0 Å². The van der Waals surface area contributed by atoms with Crippen molar-refractivity contribution < 1.29 is 0 Å². The highest BCUT2D eigenvalue weighted by Crippen LogP contribution is 2.69. The summed E-state index contributed by atoms with van der Waals surface area (Å²) in [5.41, 5.74) is 0.00440. The highest BCUT2D eigenvalue weighted by molar-refractivity contribution is 9.12. The van der Waals surface area contributed by atoms with Crippen molar-refractivity contribution in [3.8, 4) is 0 Å². The highest BCUT2D eigenvalue weighted by atomic mass is 79.9. The molecule has 146 valence electrons. The van der Waals surface area contributed by atoms with Gasteiger partial charge in [-0.2, -0.15) is 0 Å². The molecule has 3 heterocycles. The van der Waals surface area contributed by atoms with E-state index in [1.165, 1.54) is 6.42 Å². The molecule has 0 spiro atoms. The fourth-order valence-corrected chi connectivity index (χ4v) is 9.39. The predicted octanol–water partition coefficient (Wildman–Crippen LogP) is 3.64. The van der Waals surface area contributed by atoms with E-state index in [2.05, 4.69) is 64.8 Å². The Morgan fingerprint density at radius 1 is 0.963 bits per heavy atom. The topological polar surface area (TPSA) is 48.9 Å². The van der Waals surface area contributed by atoms with Gasteiger partial charge in [0.25, 0.3) is 0 Å². The quantitative estimate of drug-likeness (QED) is 0.438. The Balaban J connectivity index is 1.54. The summed E-state index contributed by atoms with van der Waals surface area (Å²) in [4.78, 5) is 27.8. The second-order valence-corrected chi connectivity index (χ2v) is 12.3. The first-order valence-corrected chi connectivity index (χ1v) is 12.0. The van der Waals surface area contributed by atoms with Crippen LogP contribution in [0.15, 0.2) is 21.7 Å². The first-order valence-electron chi connectivity index (χ1n) is 10.1. The van der Waals surface area contributed by atoms with Crippen LogP contribution >= 0.6 is 31.9 Å². The van der Waals surface area contributed by atoms with Gasteiger partial charge in [0.15, 0.2) is 0 Å². The summed E-state index contributed by atoms with van der Waals surface area (Å²) in [6, 6.07) is -0.00787. The van der Waals surface area contributed by atoms with Gasteiger partial charge in [-0.05, 0) is 36.0 Å². The fraction of sp³-hybridized carbons (Fsp3) is 0.800. The van der Waals surface area contributed by atoms with E-state index >= 15 is 0 Å². The number of alkyl halides is 2. The molecular weight excluding hydrogens is 474 g/mol. The highest BCUT2D eigenvalue weighted by Gasteiger charge is 2.64. The Morgan fingerprint density at radius 3 is 1.89 bits per heavy atom. The van der Waals surface area contributed by atoms with Gasteiger partial charge in [-0.3, -0.25) is 0 Å². The Bertz CT molecular complexity index is 948. The van der Waals surface area contributed by atoms with E-state index in [4.69, 9.17) is 0 Å². The molecule has 0 unspecified atom stereocenters. The molecule has 2 aliphatic heterocycles. The summed E-state index contributed by atoms with van der Waals surface area (Å²) >= 11 is 7.59. The first-order chi connectivity index (χ1) is 12.7. The summed E-state index contributed by atoms with van der Waals surface area (Å²) in [6.45, 7) is 6.97. The molecular formula is C20H25Br2N3O2. The van der Waals surface area contributed by atoms with E-state index < -0.39 is 0 Å². The monoisotopic (exact) mass is 497 g/mol. The summed E-state index contributed by atoms with van der Waals surface area (Å²) in [6.07, 6.45) is 7.58. The average Bonchev–Trinajstić information content (AvgIpc) is 3.13. The van der Waals surface area contributed by atoms with E-state index in [9.17, 15) is 9.59 Å². The molecule has 0 aromatic carbocycles. The van der Waals surface area contributed by atoms with Crippen LogP contribution < -0.4 is 11.4 Å². The zero-order valence-corrected chi connectivity index (χ0v) is 19.0. The Morgan fingerprint density at radius 2 is 1.48 bits per heavy atom. The van der Waals surface area contributed by atoms with Gasteiger partial charge >= 0.3 is 11.4 Å². The van der Waals surface area contributed by atoms with Gasteiger partial charge < -0.3 is 0 Å².